The van der Waals surface area contributed by atoms with E-state index < -0.39 is 11.5 Å². The van der Waals surface area contributed by atoms with Crippen LogP contribution >= 0.6 is 11.6 Å². The van der Waals surface area contributed by atoms with Crippen LogP contribution in [0.25, 0.3) is 5.69 Å². The Morgan fingerprint density at radius 2 is 1.76 bits per heavy atom. The summed E-state index contributed by atoms with van der Waals surface area (Å²) in [5.74, 6) is -1.10. The number of aryl methyl sites for hydroxylation is 2. The number of para-hydroxylation sites is 1. The summed E-state index contributed by atoms with van der Waals surface area (Å²) < 4.78 is 1.17. The number of pyridine rings is 1. The number of halogens is 1. The van der Waals surface area contributed by atoms with E-state index in [1.54, 1.807) is 25.1 Å². The van der Waals surface area contributed by atoms with Gasteiger partial charge in [-0.1, -0.05) is 18.2 Å². The van der Waals surface area contributed by atoms with Gasteiger partial charge < -0.3 is 15.3 Å². The summed E-state index contributed by atoms with van der Waals surface area (Å²) in [7, 11) is 0. The summed E-state index contributed by atoms with van der Waals surface area (Å²) in [5.41, 5.74) is 3.66. The molecule has 1 aliphatic heterocycles. The van der Waals surface area contributed by atoms with Crippen molar-refractivity contribution >= 4 is 28.9 Å². The fraction of sp³-hybridized carbons (Fsp3) is 0.357. The Bertz CT molecular complexity index is 1460. The highest BCUT2D eigenvalue weighted by Gasteiger charge is 2.25. The van der Waals surface area contributed by atoms with E-state index in [0.29, 0.717) is 48.3 Å². The molecule has 1 saturated heterocycles. The number of aliphatic carboxylic acids is 1. The number of rotatable bonds is 7. The Balaban J connectivity index is 1.70. The number of hydrogen-bond acceptors (Lipinski definition) is 7. The van der Waals surface area contributed by atoms with Crippen LogP contribution in [-0.2, 0) is 10.7 Å². The van der Waals surface area contributed by atoms with E-state index >= 15 is 0 Å². The molecule has 0 atom stereocenters. The number of nitrogens with zero attached hydrogens (tertiary/aromatic N) is 4. The van der Waals surface area contributed by atoms with Crippen LogP contribution in [0.15, 0.2) is 51.4 Å². The van der Waals surface area contributed by atoms with Gasteiger partial charge in [0.2, 0.25) is 5.88 Å². The van der Waals surface area contributed by atoms with Gasteiger partial charge in [0.05, 0.1) is 18.1 Å². The first-order valence-electron chi connectivity index (χ1n) is 12.4. The molecule has 0 aliphatic carbocycles. The van der Waals surface area contributed by atoms with Crippen LogP contribution in [0, 0.1) is 20.8 Å². The third kappa shape index (κ3) is 5.44. The molecule has 0 saturated carbocycles. The number of piperidine rings is 1. The van der Waals surface area contributed by atoms with Crippen molar-refractivity contribution in [1.29, 1.82) is 0 Å². The molecule has 3 aromatic rings. The molecule has 10 heteroatoms. The number of carboxylic acid groups (broad SMARTS) is 1. The highest BCUT2D eigenvalue weighted by molar-refractivity contribution is 6.17. The first-order chi connectivity index (χ1) is 18.1. The topological polar surface area (TPSA) is 128 Å². The molecule has 2 heterocycles. The molecule has 2 aromatic carbocycles. The molecule has 0 unspecified atom stereocenters. The number of benzene rings is 2. The van der Waals surface area contributed by atoms with Gasteiger partial charge >= 0.3 is 5.97 Å². The third-order valence-electron chi connectivity index (χ3n) is 7.27. The van der Waals surface area contributed by atoms with E-state index in [9.17, 15) is 19.8 Å². The van der Waals surface area contributed by atoms with Crippen molar-refractivity contribution in [2.75, 3.05) is 19.6 Å². The summed E-state index contributed by atoms with van der Waals surface area (Å²) in [6.45, 7) is 6.77. The second-order valence-electron chi connectivity index (χ2n) is 9.68. The van der Waals surface area contributed by atoms with Gasteiger partial charge in [0.15, 0.2) is 5.69 Å². The molecule has 0 spiro atoms. The van der Waals surface area contributed by atoms with Crippen LogP contribution in [0.1, 0.15) is 46.6 Å². The van der Waals surface area contributed by atoms with Gasteiger partial charge in [0.25, 0.3) is 5.56 Å². The molecule has 3 N–H and O–H groups in total. The van der Waals surface area contributed by atoms with E-state index in [0.717, 1.165) is 11.1 Å². The predicted octanol–water partition coefficient (Wildman–Crippen LogP) is 5.59. The summed E-state index contributed by atoms with van der Waals surface area (Å²) in [5, 5.41) is 39.4. The maximum atomic E-state index is 13.5. The summed E-state index contributed by atoms with van der Waals surface area (Å²) in [4.78, 5) is 26.4. The first kappa shape index (κ1) is 27.3. The second-order valence-corrected chi connectivity index (χ2v) is 9.94. The lowest BCUT2D eigenvalue weighted by Crippen LogP contribution is -2.36. The lowest BCUT2D eigenvalue weighted by molar-refractivity contribution is -0.138. The Morgan fingerprint density at radius 3 is 2.39 bits per heavy atom. The number of carbonyl (C=O) groups is 1. The van der Waals surface area contributed by atoms with E-state index in [2.05, 4.69) is 10.2 Å². The minimum Gasteiger partial charge on any atom is -0.505 e. The van der Waals surface area contributed by atoms with Crippen LogP contribution in [0.5, 0.6) is 11.6 Å². The lowest BCUT2D eigenvalue weighted by atomic mass is 9.88. The molecule has 200 valence electrons. The predicted molar refractivity (Wildman–Crippen MR) is 146 cm³/mol. The van der Waals surface area contributed by atoms with Crippen molar-refractivity contribution in [1.82, 2.24) is 9.47 Å². The first-order valence-corrected chi connectivity index (χ1v) is 12.9. The van der Waals surface area contributed by atoms with Crippen molar-refractivity contribution < 1.29 is 20.1 Å². The van der Waals surface area contributed by atoms with E-state index in [-0.39, 0.29) is 41.3 Å². The number of alkyl halides is 1. The van der Waals surface area contributed by atoms with Crippen molar-refractivity contribution in [2.24, 2.45) is 10.2 Å². The Kier molecular flexibility index (Phi) is 8.18. The normalized spacial score (nSPS) is 14.8. The molecule has 4 rings (SSSR count). The van der Waals surface area contributed by atoms with Crippen LogP contribution in [-0.4, -0.2) is 50.4 Å². The lowest BCUT2D eigenvalue weighted by Gasteiger charge is -2.31. The number of hydrogen-bond donors (Lipinski definition) is 3. The maximum Gasteiger partial charge on any atom is 0.317 e. The Hall–Kier alpha value is -3.69. The summed E-state index contributed by atoms with van der Waals surface area (Å²) >= 11 is 6.14. The highest BCUT2D eigenvalue weighted by atomic mass is 35.5. The zero-order valence-corrected chi connectivity index (χ0v) is 22.4. The highest BCUT2D eigenvalue weighted by Crippen LogP contribution is 2.40. The average Bonchev–Trinajstić information content (AvgIpc) is 2.87. The minimum atomic E-state index is -0.855. The quantitative estimate of drug-likeness (QED) is 0.266. The van der Waals surface area contributed by atoms with E-state index in [4.69, 9.17) is 16.7 Å². The fourth-order valence-corrected chi connectivity index (χ4v) is 5.17. The van der Waals surface area contributed by atoms with Gasteiger partial charge in [0.1, 0.15) is 11.4 Å². The van der Waals surface area contributed by atoms with Gasteiger partial charge in [-0.15, -0.1) is 21.8 Å². The molecule has 9 nitrogen and oxygen atoms in total. The Labute approximate surface area is 225 Å². The third-order valence-corrected chi connectivity index (χ3v) is 7.53. The van der Waals surface area contributed by atoms with Crippen molar-refractivity contribution in [3.8, 4) is 17.3 Å². The number of azo groups is 1. The minimum absolute atomic E-state index is 0.00289. The van der Waals surface area contributed by atoms with Crippen LogP contribution in [0.4, 0.5) is 11.4 Å². The molecule has 0 amide bonds. The van der Waals surface area contributed by atoms with Crippen LogP contribution in [0.2, 0.25) is 0 Å². The maximum absolute atomic E-state index is 13.5. The standard InChI is InChI=1S/C28H31ClN4O5/c1-16-7-8-20(13-17(16)2)33-27(37)22(14-29)18(3)25(28(33)38)31-30-23-6-4-5-21(26(23)36)19-9-11-32(12-10-19)15-24(34)35/h4-8,13,19,36-37H,9-12,14-15H2,1-3H3,(H,34,35). The second kappa shape index (κ2) is 11.4. The molecular formula is C28H31ClN4O5. The van der Waals surface area contributed by atoms with E-state index in [1.165, 1.54) is 4.57 Å². The molecule has 38 heavy (non-hydrogen) atoms. The number of aromatic nitrogens is 1. The number of aromatic hydroxyl groups is 2. The zero-order chi connectivity index (χ0) is 27.6. The fourth-order valence-electron chi connectivity index (χ4n) is 4.85. The molecule has 1 fully saturated rings. The summed E-state index contributed by atoms with van der Waals surface area (Å²) in [6, 6.07) is 10.6. The molecule has 0 radical (unpaired) electrons. The number of phenolic OH excluding ortho intramolecular Hbond substituents is 1. The van der Waals surface area contributed by atoms with Crippen molar-refractivity contribution in [3.05, 3.63) is 74.6 Å². The zero-order valence-electron chi connectivity index (χ0n) is 21.6. The Morgan fingerprint density at radius 1 is 1.05 bits per heavy atom. The van der Waals surface area contributed by atoms with Gasteiger partial charge in [-0.3, -0.25) is 14.5 Å². The van der Waals surface area contributed by atoms with Gasteiger partial charge in [-0.25, -0.2) is 4.57 Å². The number of likely N-dealkylation sites (tertiary alicyclic amines) is 1. The molecule has 1 aromatic heterocycles. The van der Waals surface area contributed by atoms with Gasteiger partial charge in [0, 0.05) is 5.56 Å². The summed E-state index contributed by atoms with van der Waals surface area (Å²) in [6.07, 6.45) is 1.41. The SMILES string of the molecule is Cc1ccc(-n2c(O)c(CCl)c(C)c(N=Nc3cccc(C4CCN(CC(=O)O)CC4)c3O)c2=O)cc1C. The average molecular weight is 539 g/mol. The van der Waals surface area contributed by atoms with Crippen LogP contribution in [0.3, 0.4) is 0 Å². The van der Waals surface area contributed by atoms with Crippen molar-refractivity contribution in [2.45, 2.75) is 45.4 Å². The largest absolute Gasteiger partial charge is 0.505 e. The van der Waals surface area contributed by atoms with Gasteiger partial charge in [-0.2, -0.15) is 0 Å². The van der Waals surface area contributed by atoms with E-state index in [1.807, 2.05) is 36.9 Å². The number of carboxylic acids is 1. The van der Waals surface area contributed by atoms with Gasteiger partial charge in [-0.05, 0) is 93.1 Å². The van der Waals surface area contributed by atoms with Crippen LogP contribution < -0.4 is 5.56 Å². The van der Waals surface area contributed by atoms with Crippen molar-refractivity contribution in [3.63, 3.8) is 0 Å². The molecule has 0 bridgehead atoms. The monoisotopic (exact) mass is 538 g/mol. The molecular weight excluding hydrogens is 508 g/mol. The number of phenols is 1. The molecule has 1 aliphatic rings. The smallest absolute Gasteiger partial charge is 0.317 e.